The summed E-state index contributed by atoms with van der Waals surface area (Å²) in [7, 11) is 0. The van der Waals surface area contributed by atoms with E-state index in [1.807, 2.05) is 0 Å². The number of esters is 1. The molecule has 0 spiro atoms. The normalized spacial score (nSPS) is 29.9. The number of aromatic hydroxyl groups is 2. The Bertz CT molecular complexity index is 502. The van der Waals surface area contributed by atoms with E-state index in [4.69, 9.17) is 14.6 Å². The number of phenols is 2. The minimum absolute atomic E-state index is 0.0725. The standard InChI is InChI=1S/C12H14O8/c13-6-2-1-5(3-7(6)14)11(18)20-12-10(17)9(16)8(15)4-19-12/h1-3,8-10,12-17H,4H2. The van der Waals surface area contributed by atoms with Gasteiger partial charge in [-0.05, 0) is 18.2 Å². The van der Waals surface area contributed by atoms with Gasteiger partial charge < -0.3 is 35.0 Å². The van der Waals surface area contributed by atoms with Crippen molar-refractivity contribution in [1.29, 1.82) is 0 Å². The third kappa shape index (κ3) is 2.83. The van der Waals surface area contributed by atoms with Crippen molar-refractivity contribution in [2.45, 2.75) is 24.6 Å². The minimum atomic E-state index is -1.59. The minimum Gasteiger partial charge on any atom is -0.504 e. The quantitative estimate of drug-likeness (QED) is 0.334. The van der Waals surface area contributed by atoms with E-state index in [0.29, 0.717) is 0 Å². The van der Waals surface area contributed by atoms with Crippen LogP contribution in [-0.4, -0.2) is 62.7 Å². The molecule has 1 aliphatic rings. The summed E-state index contributed by atoms with van der Waals surface area (Å²) in [6.45, 7) is -0.295. The zero-order valence-corrected chi connectivity index (χ0v) is 10.2. The molecule has 1 aromatic carbocycles. The van der Waals surface area contributed by atoms with Gasteiger partial charge in [-0.25, -0.2) is 4.79 Å². The predicted octanol–water partition coefficient (Wildman–Crippen LogP) is -1.31. The predicted molar refractivity (Wildman–Crippen MR) is 62.9 cm³/mol. The number of benzene rings is 1. The lowest BCUT2D eigenvalue weighted by atomic mass is 10.1. The van der Waals surface area contributed by atoms with Crippen LogP contribution < -0.4 is 0 Å². The Morgan fingerprint density at radius 2 is 1.85 bits per heavy atom. The number of hydrogen-bond acceptors (Lipinski definition) is 8. The van der Waals surface area contributed by atoms with Gasteiger partial charge in [-0.3, -0.25) is 0 Å². The molecule has 1 saturated heterocycles. The van der Waals surface area contributed by atoms with Crippen molar-refractivity contribution in [3.63, 3.8) is 0 Å². The number of ether oxygens (including phenoxy) is 2. The third-order valence-corrected chi connectivity index (χ3v) is 2.89. The molecule has 20 heavy (non-hydrogen) atoms. The van der Waals surface area contributed by atoms with E-state index in [2.05, 4.69) is 0 Å². The van der Waals surface area contributed by atoms with E-state index < -0.39 is 42.1 Å². The van der Waals surface area contributed by atoms with Gasteiger partial charge in [0.25, 0.3) is 0 Å². The van der Waals surface area contributed by atoms with Gasteiger partial charge in [-0.15, -0.1) is 0 Å². The number of rotatable bonds is 2. The summed E-state index contributed by atoms with van der Waals surface area (Å²) in [5.41, 5.74) is -0.0725. The van der Waals surface area contributed by atoms with Crippen LogP contribution in [0.25, 0.3) is 0 Å². The Hall–Kier alpha value is -1.87. The molecular weight excluding hydrogens is 272 g/mol. The fraction of sp³-hybridized carbons (Fsp3) is 0.417. The molecule has 0 bridgehead atoms. The van der Waals surface area contributed by atoms with Crippen LogP contribution in [0.15, 0.2) is 18.2 Å². The fourth-order valence-corrected chi connectivity index (χ4v) is 1.71. The molecule has 4 atom stereocenters. The van der Waals surface area contributed by atoms with Crippen molar-refractivity contribution in [3.05, 3.63) is 23.8 Å². The molecule has 4 unspecified atom stereocenters. The molecule has 1 aromatic rings. The van der Waals surface area contributed by atoms with Crippen molar-refractivity contribution < 1.29 is 39.8 Å². The lowest BCUT2D eigenvalue weighted by molar-refractivity contribution is -0.251. The number of aliphatic hydroxyl groups is 3. The van der Waals surface area contributed by atoms with Crippen molar-refractivity contribution in [2.24, 2.45) is 0 Å². The Labute approximate surface area is 113 Å². The number of carbonyl (C=O) groups is 1. The van der Waals surface area contributed by atoms with E-state index >= 15 is 0 Å². The Kier molecular flexibility index (Phi) is 4.09. The summed E-state index contributed by atoms with van der Waals surface area (Å²) in [5.74, 6) is -1.82. The first kappa shape index (κ1) is 14.5. The highest BCUT2D eigenvalue weighted by Crippen LogP contribution is 2.26. The first-order chi connectivity index (χ1) is 9.40. The van der Waals surface area contributed by atoms with Crippen molar-refractivity contribution in [1.82, 2.24) is 0 Å². The van der Waals surface area contributed by atoms with Crippen LogP contribution in [0.5, 0.6) is 11.5 Å². The number of aliphatic hydroxyl groups excluding tert-OH is 3. The Balaban J connectivity index is 2.06. The highest BCUT2D eigenvalue weighted by molar-refractivity contribution is 5.90. The summed E-state index contributed by atoms with van der Waals surface area (Å²) >= 11 is 0. The molecule has 110 valence electrons. The molecule has 1 heterocycles. The Morgan fingerprint density at radius 3 is 2.50 bits per heavy atom. The summed E-state index contributed by atoms with van der Waals surface area (Å²) in [4.78, 5) is 11.8. The highest BCUT2D eigenvalue weighted by Gasteiger charge is 2.39. The zero-order valence-electron chi connectivity index (χ0n) is 10.2. The largest absolute Gasteiger partial charge is 0.504 e. The van der Waals surface area contributed by atoms with E-state index in [1.54, 1.807) is 0 Å². The van der Waals surface area contributed by atoms with Gasteiger partial charge in [0.05, 0.1) is 12.2 Å². The molecule has 1 fully saturated rings. The van der Waals surface area contributed by atoms with E-state index in [1.165, 1.54) is 6.07 Å². The second-order valence-electron chi connectivity index (χ2n) is 4.36. The van der Waals surface area contributed by atoms with Crippen LogP contribution in [0.2, 0.25) is 0 Å². The monoisotopic (exact) mass is 286 g/mol. The molecule has 0 amide bonds. The topological polar surface area (TPSA) is 137 Å². The maximum Gasteiger partial charge on any atom is 0.340 e. The molecule has 2 rings (SSSR count). The SMILES string of the molecule is O=C(OC1OCC(O)C(O)C1O)c1ccc(O)c(O)c1. The van der Waals surface area contributed by atoms with E-state index in [9.17, 15) is 25.2 Å². The summed E-state index contributed by atoms with van der Waals surface area (Å²) in [6.07, 6.45) is -5.78. The number of phenolic OH excluding ortho intramolecular Hbond substituents is 2. The maximum absolute atomic E-state index is 11.8. The second kappa shape index (κ2) is 5.63. The average Bonchev–Trinajstić information content (AvgIpc) is 2.42. The van der Waals surface area contributed by atoms with Crippen LogP contribution in [0.4, 0.5) is 0 Å². The van der Waals surface area contributed by atoms with E-state index in [0.717, 1.165) is 12.1 Å². The van der Waals surface area contributed by atoms with Gasteiger partial charge in [0.1, 0.15) is 18.3 Å². The maximum atomic E-state index is 11.8. The average molecular weight is 286 g/mol. The van der Waals surface area contributed by atoms with Gasteiger partial charge in [-0.2, -0.15) is 0 Å². The summed E-state index contributed by atoms with van der Waals surface area (Å²) in [6, 6.07) is 3.29. The molecule has 0 radical (unpaired) electrons. The van der Waals surface area contributed by atoms with Crippen molar-refractivity contribution in [3.8, 4) is 11.5 Å². The van der Waals surface area contributed by atoms with Gasteiger partial charge in [-0.1, -0.05) is 0 Å². The van der Waals surface area contributed by atoms with Gasteiger partial charge in [0.15, 0.2) is 11.5 Å². The van der Waals surface area contributed by atoms with Crippen LogP contribution in [-0.2, 0) is 9.47 Å². The molecule has 8 heteroatoms. The molecule has 0 aliphatic carbocycles. The first-order valence-corrected chi connectivity index (χ1v) is 5.79. The lowest BCUT2D eigenvalue weighted by Crippen LogP contribution is -2.54. The van der Waals surface area contributed by atoms with Crippen molar-refractivity contribution >= 4 is 5.97 Å². The molecule has 0 aromatic heterocycles. The summed E-state index contributed by atoms with van der Waals surface area (Å²) < 4.78 is 9.73. The number of carbonyl (C=O) groups excluding carboxylic acids is 1. The Morgan fingerprint density at radius 1 is 1.15 bits per heavy atom. The molecule has 0 saturated carbocycles. The molecular formula is C12H14O8. The van der Waals surface area contributed by atoms with Gasteiger partial charge >= 0.3 is 5.97 Å². The molecule has 8 nitrogen and oxygen atoms in total. The van der Waals surface area contributed by atoms with Crippen LogP contribution >= 0.6 is 0 Å². The zero-order chi connectivity index (χ0) is 14.9. The number of hydrogen-bond donors (Lipinski definition) is 5. The van der Waals surface area contributed by atoms with Crippen molar-refractivity contribution in [2.75, 3.05) is 6.61 Å². The van der Waals surface area contributed by atoms with Crippen LogP contribution in [0.3, 0.4) is 0 Å². The second-order valence-corrected chi connectivity index (χ2v) is 4.36. The smallest absolute Gasteiger partial charge is 0.340 e. The van der Waals surface area contributed by atoms with Gasteiger partial charge in [0.2, 0.25) is 6.29 Å². The summed E-state index contributed by atoms with van der Waals surface area (Å²) in [5, 5.41) is 46.7. The van der Waals surface area contributed by atoms with E-state index in [-0.39, 0.29) is 12.2 Å². The van der Waals surface area contributed by atoms with Crippen LogP contribution in [0, 0.1) is 0 Å². The van der Waals surface area contributed by atoms with Gasteiger partial charge in [0, 0.05) is 0 Å². The molecule has 1 aliphatic heterocycles. The lowest BCUT2D eigenvalue weighted by Gasteiger charge is -2.34. The highest BCUT2D eigenvalue weighted by atomic mass is 16.7. The first-order valence-electron chi connectivity index (χ1n) is 5.79. The molecule has 5 N–H and O–H groups in total. The fourth-order valence-electron chi connectivity index (χ4n) is 1.71. The van der Waals surface area contributed by atoms with Crippen LogP contribution in [0.1, 0.15) is 10.4 Å². The third-order valence-electron chi connectivity index (χ3n) is 2.89.